The van der Waals surface area contributed by atoms with E-state index in [2.05, 4.69) is 106 Å². The van der Waals surface area contributed by atoms with Crippen LogP contribution in [-0.4, -0.2) is 37.2 Å². The van der Waals surface area contributed by atoms with Crippen LogP contribution < -0.4 is 0 Å². The second kappa shape index (κ2) is 66.1. The SMILES string of the molecule is CC/C=C\C/C=C\C/C=C\C/C=C\C/C=C\C/C=C\CCCCCCCCCCCCC(=O)OCC(COC(=O)CCCCCCC/C=C\CCCC)OC(=O)CCCCCCCCCCCCCCCCCCCCCC. The molecule has 0 radical (unpaired) electrons. The maximum Gasteiger partial charge on any atom is 0.306 e. The Kier molecular flexibility index (Phi) is 63.2. The quantitative estimate of drug-likeness (QED) is 0.0261. The molecule has 6 heteroatoms. The van der Waals surface area contributed by atoms with Crippen molar-refractivity contribution in [3.63, 3.8) is 0 Å². The highest BCUT2D eigenvalue weighted by Gasteiger charge is 2.19. The van der Waals surface area contributed by atoms with Crippen molar-refractivity contribution in [2.75, 3.05) is 13.2 Å². The molecule has 0 spiro atoms. The minimum absolute atomic E-state index is 0.0780. The Morgan fingerprint density at radius 2 is 0.513 bits per heavy atom. The molecule has 0 amide bonds. The van der Waals surface area contributed by atoms with Gasteiger partial charge in [-0.15, -0.1) is 0 Å². The molecule has 0 saturated heterocycles. The minimum atomic E-state index is -0.780. The lowest BCUT2D eigenvalue weighted by molar-refractivity contribution is -0.167. The van der Waals surface area contributed by atoms with E-state index in [0.717, 1.165) is 103 Å². The summed E-state index contributed by atoms with van der Waals surface area (Å²) in [7, 11) is 0. The van der Waals surface area contributed by atoms with Gasteiger partial charge in [0.2, 0.25) is 0 Å². The van der Waals surface area contributed by atoms with Crippen LogP contribution in [0.4, 0.5) is 0 Å². The van der Waals surface area contributed by atoms with E-state index >= 15 is 0 Å². The number of hydrogen-bond donors (Lipinski definition) is 0. The minimum Gasteiger partial charge on any atom is -0.462 e. The molecule has 0 aromatic heterocycles. The zero-order chi connectivity index (χ0) is 56.4. The van der Waals surface area contributed by atoms with Crippen LogP contribution in [0.2, 0.25) is 0 Å². The van der Waals surface area contributed by atoms with Crippen LogP contribution in [0.3, 0.4) is 0 Å². The second-order valence-corrected chi connectivity index (χ2v) is 22.4. The topological polar surface area (TPSA) is 78.9 Å². The van der Waals surface area contributed by atoms with E-state index in [0.29, 0.717) is 19.3 Å². The molecule has 0 bridgehead atoms. The highest BCUT2D eigenvalue weighted by atomic mass is 16.6. The molecule has 6 nitrogen and oxygen atoms in total. The van der Waals surface area contributed by atoms with E-state index in [4.69, 9.17) is 14.2 Å². The average Bonchev–Trinajstić information content (AvgIpc) is 3.44. The van der Waals surface area contributed by atoms with Crippen LogP contribution >= 0.6 is 0 Å². The molecule has 0 saturated carbocycles. The van der Waals surface area contributed by atoms with Crippen LogP contribution in [0.15, 0.2) is 85.1 Å². The summed E-state index contributed by atoms with van der Waals surface area (Å²) in [4.78, 5) is 38.3. The first kappa shape index (κ1) is 74.6. The molecule has 0 N–H and O–H groups in total. The van der Waals surface area contributed by atoms with Gasteiger partial charge in [0.05, 0.1) is 0 Å². The third kappa shape index (κ3) is 63.4. The fraction of sp³-hybridized carbons (Fsp3) is 0.764. The fourth-order valence-corrected chi connectivity index (χ4v) is 9.61. The highest BCUT2D eigenvalue weighted by Crippen LogP contribution is 2.17. The Labute approximate surface area is 484 Å². The molecule has 0 fully saturated rings. The van der Waals surface area contributed by atoms with Gasteiger partial charge in [0.1, 0.15) is 13.2 Å². The molecular weight excluding hydrogens is 961 g/mol. The van der Waals surface area contributed by atoms with Crippen molar-refractivity contribution >= 4 is 17.9 Å². The monoisotopic (exact) mass is 1090 g/mol. The second-order valence-electron chi connectivity index (χ2n) is 22.4. The molecule has 78 heavy (non-hydrogen) atoms. The number of esters is 3. The Bertz CT molecular complexity index is 1480. The Morgan fingerprint density at radius 3 is 0.833 bits per heavy atom. The summed E-state index contributed by atoms with van der Waals surface area (Å²) in [5.74, 6) is -0.875. The first-order valence-electron chi connectivity index (χ1n) is 33.6. The van der Waals surface area contributed by atoms with Crippen LogP contribution in [0, 0.1) is 0 Å². The molecule has 1 atom stereocenters. The van der Waals surface area contributed by atoms with Crippen molar-refractivity contribution in [3.8, 4) is 0 Å². The summed E-state index contributed by atoms with van der Waals surface area (Å²) in [5.41, 5.74) is 0. The van der Waals surface area contributed by atoms with Crippen molar-refractivity contribution in [2.24, 2.45) is 0 Å². The van der Waals surface area contributed by atoms with Gasteiger partial charge >= 0.3 is 17.9 Å². The largest absolute Gasteiger partial charge is 0.462 e. The fourth-order valence-electron chi connectivity index (χ4n) is 9.61. The van der Waals surface area contributed by atoms with Gasteiger partial charge in [0, 0.05) is 19.3 Å². The summed E-state index contributed by atoms with van der Waals surface area (Å²) in [6.07, 6.45) is 87.5. The molecule has 1 unspecified atom stereocenters. The lowest BCUT2D eigenvalue weighted by atomic mass is 10.0. The van der Waals surface area contributed by atoms with Crippen molar-refractivity contribution < 1.29 is 28.6 Å². The molecule has 0 aliphatic heterocycles. The van der Waals surface area contributed by atoms with E-state index in [1.54, 1.807) is 0 Å². The first-order chi connectivity index (χ1) is 38.5. The predicted molar refractivity (Wildman–Crippen MR) is 339 cm³/mol. The van der Waals surface area contributed by atoms with Gasteiger partial charge in [0.25, 0.3) is 0 Å². The molecule has 0 aromatic carbocycles. The van der Waals surface area contributed by atoms with E-state index in [9.17, 15) is 14.4 Å². The molecule has 0 aromatic rings. The van der Waals surface area contributed by atoms with Crippen LogP contribution in [0.5, 0.6) is 0 Å². The van der Waals surface area contributed by atoms with Crippen LogP contribution in [0.25, 0.3) is 0 Å². The van der Waals surface area contributed by atoms with Gasteiger partial charge in [-0.25, -0.2) is 0 Å². The summed E-state index contributed by atoms with van der Waals surface area (Å²) in [6.45, 7) is 6.52. The highest BCUT2D eigenvalue weighted by molar-refractivity contribution is 5.71. The number of rotatable bonds is 61. The summed E-state index contributed by atoms with van der Waals surface area (Å²) in [5, 5.41) is 0. The van der Waals surface area contributed by atoms with Gasteiger partial charge < -0.3 is 14.2 Å². The van der Waals surface area contributed by atoms with Gasteiger partial charge in [0.15, 0.2) is 6.10 Å². The maximum absolute atomic E-state index is 12.9. The first-order valence-corrected chi connectivity index (χ1v) is 33.6. The Hall–Kier alpha value is -3.41. The molecule has 0 aliphatic rings. The number of allylic oxidation sites excluding steroid dienone is 14. The van der Waals surface area contributed by atoms with Crippen molar-refractivity contribution in [3.05, 3.63) is 85.1 Å². The number of hydrogen-bond acceptors (Lipinski definition) is 6. The molecular formula is C72H126O6. The van der Waals surface area contributed by atoms with Crippen molar-refractivity contribution in [1.29, 1.82) is 0 Å². The Balaban J connectivity index is 4.23. The lowest BCUT2D eigenvalue weighted by Crippen LogP contribution is -2.30. The average molecular weight is 1090 g/mol. The third-order valence-electron chi connectivity index (χ3n) is 14.6. The molecule has 450 valence electrons. The van der Waals surface area contributed by atoms with Crippen LogP contribution in [0.1, 0.15) is 335 Å². The molecule has 0 aliphatic carbocycles. The maximum atomic E-state index is 12.9. The molecule has 0 heterocycles. The third-order valence-corrected chi connectivity index (χ3v) is 14.6. The van der Waals surface area contributed by atoms with Gasteiger partial charge in [-0.1, -0.05) is 311 Å². The van der Waals surface area contributed by atoms with E-state index < -0.39 is 6.10 Å². The zero-order valence-electron chi connectivity index (χ0n) is 51.7. The van der Waals surface area contributed by atoms with Crippen molar-refractivity contribution in [2.45, 2.75) is 341 Å². The number of ether oxygens (including phenoxy) is 3. The standard InChI is InChI=1S/C72H126O6/c1-4-7-10-13-16-19-22-24-26-28-30-32-33-34-35-36-37-38-39-40-42-43-45-47-50-53-56-59-62-65-71(74)77-68-69(67-76-70(73)64-61-58-55-52-49-21-18-15-12-9-6-3)78-72(75)66-63-60-57-54-51-48-46-44-41-31-29-27-25-23-20-17-14-11-8-5-2/h7,10,15-16,18-19,24,26,30,32,34-35,37-38,69H,4-6,8-9,11-14,17,20-23,25,27-29,31,33,36,39-68H2,1-3H3/b10-7-,18-15-,19-16-,26-24-,32-30-,35-34-,38-37-. The van der Waals surface area contributed by atoms with Crippen molar-refractivity contribution in [1.82, 2.24) is 0 Å². The van der Waals surface area contributed by atoms with Crippen LogP contribution in [-0.2, 0) is 28.6 Å². The summed E-state index contributed by atoms with van der Waals surface area (Å²) < 4.78 is 16.9. The van der Waals surface area contributed by atoms with E-state index in [1.807, 2.05) is 0 Å². The summed E-state index contributed by atoms with van der Waals surface area (Å²) in [6, 6.07) is 0. The Morgan fingerprint density at radius 1 is 0.269 bits per heavy atom. The smallest absolute Gasteiger partial charge is 0.306 e. The predicted octanol–water partition coefficient (Wildman–Crippen LogP) is 23.1. The number of carbonyl (C=O) groups is 3. The normalized spacial score (nSPS) is 12.6. The zero-order valence-corrected chi connectivity index (χ0v) is 51.7. The lowest BCUT2D eigenvalue weighted by Gasteiger charge is -2.18. The van der Waals surface area contributed by atoms with Gasteiger partial charge in [-0.2, -0.15) is 0 Å². The van der Waals surface area contributed by atoms with Gasteiger partial charge in [-0.3, -0.25) is 14.4 Å². The number of carbonyl (C=O) groups excluding carboxylic acids is 3. The van der Waals surface area contributed by atoms with Gasteiger partial charge in [-0.05, 0) is 89.9 Å². The van der Waals surface area contributed by atoms with E-state index in [1.165, 1.54) is 193 Å². The van der Waals surface area contributed by atoms with E-state index in [-0.39, 0.29) is 31.1 Å². The summed E-state index contributed by atoms with van der Waals surface area (Å²) >= 11 is 0. The number of unbranched alkanes of at least 4 members (excludes halogenated alkanes) is 36. The molecule has 0 rings (SSSR count).